The van der Waals surface area contributed by atoms with Crippen LogP contribution in [0.25, 0.3) is 0 Å². The van der Waals surface area contributed by atoms with E-state index in [4.69, 9.17) is 16.3 Å². The van der Waals surface area contributed by atoms with Crippen LogP contribution in [0.5, 0.6) is 0 Å². The molecule has 3 rings (SSSR count). The maximum absolute atomic E-state index is 13.5. The number of anilines is 1. The number of carbonyl (C=O) groups excluding carboxylic acids is 1. The molecule has 1 aromatic carbocycles. The van der Waals surface area contributed by atoms with Crippen LogP contribution in [-0.4, -0.2) is 37.7 Å². The van der Waals surface area contributed by atoms with Gasteiger partial charge in [0, 0.05) is 31.5 Å². The quantitative estimate of drug-likeness (QED) is 0.931. The van der Waals surface area contributed by atoms with Gasteiger partial charge in [0.25, 0.3) is 0 Å². The Bertz CT molecular complexity index is 534. The first-order valence-electron chi connectivity index (χ1n) is 7.25. The molecule has 1 aromatic rings. The van der Waals surface area contributed by atoms with Crippen LogP contribution in [0.4, 0.5) is 10.1 Å². The van der Waals surface area contributed by atoms with E-state index in [1.807, 2.05) is 0 Å². The number of halogens is 2. The van der Waals surface area contributed by atoms with Crippen molar-refractivity contribution < 1.29 is 13.9 Å². The number of hydrogen-bond donors (Lipinski definition) is 1. The highest BCUT2D eigenvalue weighted by Gasteiger charge is 2.34. The minimum absolute atomic E-state index is 0.00298. The maximum atomic E-state index is 13.5. The number of carbonyl (C=O) groups is 1. The molecule has 1 amide bonds. The van der Waals surface area contributed by atoms with E-state index in [2.05, 4.69) is 5.32 Å². The standard InChI is InChI=1S/C15H18ClFN2O2/c16-12-2-1-11(9-13(12)17)19-6-3-14(15(19)20)18-10-4-7-21-8-5-10/h1-2,9-10,14,18H,3-8H2/t14-/m1/s1. The monoisotopic (exact) mass is 312 g/mol. The van der Waals surface area contributed by atoms with Crippen LogP contribution < -0.4 is 10.2 Å². The molecule has 1 atom stereocenters. The van der Waals surface area contributed by atoms with Crippen molar-refractivity contribution in [1.29, 1.82) is 0 Å². The van der Waals surface area contributed by atoms with E-state index in [1.165, 1.54) is 12.1 Å². The molecule has 0 spiro atoms. The number of amides is 1. The van der Waals surface area contributed by atoms with Gasteiger partial charge in [-0.15, -0.1) is 0 Å². The van der Waals surface area contributed by atoms with Crippen LogP contribution in [0.15, 0.2) is 18.2 Å². The average molecular weight is 313 g/mol. The molecule has 2 fully saturated rings. The Labute approximate surface area is 128 Å². The summed E-state index contributed by atoms with van der Waals surface area (Å²) >= 11 is 5.68. The van der Waals surface area contributed by atoms with E-state index in [0.717, 1.165) is 32.5 Å². The molecule has 0 radical (unpaired) electrons. The first-order chi connectivity index (χ1) is 10.1. The molecule has 0 saturated carbocycles. The average Bonchev–Trinajstić information content (AvgIpc) is 2.84. The topological polar surface area (TPSA) is 41.6 Å². The molecule has 2 heterocycles. The fourth-order valence-electron chi connectivity index (χ4n) is 2.89. The Morgan fingerprint density at radius 3 is 2.76 bits per heavy atom. The second-order valence-electron chi connectivity index (χ2n) is 5.48. The van der Waals surface area contributed by atoms with Crippen LogP contribution in [-0.2, 0) is 9.53 Å². The third-order valence-electron chi connectivity index (χ3n) is 4.08. The number of ether oxygens (including phenoxy) is 1. The zero-order valence-corrected chi connectivity index (χ0v) is 12.4. The lowest BCUT2D eigenvalue weighted by molar-refractivity contribution is -0.119. The van der Waals surface area contributed by atoms with Gasteiger partial charge in [0.15, 0.2) is 0 Å². The van der Waals surface area contributed by atoms with Crippen molar-refractivity contribution in [2.75, 3.05) is 24.7 Å². The molecular weight excluding hydrogens is 295 g/mol. The highest BCUT2D eigenvalue weighted by molar-refractivity contribution is 6.30. The third-order valence-corrected chi connectivity index (χ3v) is 4.39. The van der Waals surface area contributed by atoms with Gasteiger partial charge < -0.3 is 15.0 Å². The lowest BCUT2D eigenvalue weighted by Gasteiger charge is -2.26. The summed E-state index contributed by atoms with van der Waals surface area (Å²) < 4.78 is 18.8. The Morgan fingerprint density at radius 2 is 2.05 bits per heavy atom. The maximum Gasteiger partial charge on any atom is 0.244 e. The summed E-state index contributed by atoms with van der Waals surface area (Å²) in [7, 11) is 0. The zero-order valence-electron chi connectivity index (χ0n) is 11.6. The zero-order chi connectivity index (χ0) is 14.8. The van der Waals surface area contributed by atoms with Gasteiger partial charge in [-0.1, -0.05) is 11.6 Å². The van der Waals surface area contributed by atoms with Crippen LogP contribution >= 0.6 is 11.6 Å². The third kappa shape index (κ3) is 3.20. The van der Waals surface area contributed by atoms with E-state index in [-0.39, 0.29) is 17.0 Å². The molecule has 0 aliphatic carbocycles. The number of nitrogens with one attached hydrogen (secondary N) is 1. The van der Waals surface area contributed by atoms with E-state index < -0.39 is 5.82 Å². The van der Waals surface area contributed by atoms with E-state index in [9.17, 15) is 9.18 Å². The van der Waals surface area contributed by atoms with E-state index in [0.29, 0.717) is 18.3 Å². The summed E-state index contributed by atoms with van der Waals surface area (Å²) in [5.74, 6) is -0.494. The molecule has 21 heavy (non-hydrogen) atoms. The number of benzene rings is 1. The van der Waals surface area contributed by atoms with Gasteiger partial charge in [-0.3, -0.25) is 4.79 Å². The number of rotatable bonds is 3. The Balaban J connectivity index is 1.66. The molecular formula is C15H18ClFN2O2. The van der Waals surface area contributed by atoms with Crippen molar-refractivity contribution in [1.82, 2.24) is 5.32 Å². The Kier molecular flexibility index (Phi) is 4.42. The lowest BCUT2D eigenvalue weighted by Crippen LogP contribution is -2.45. The molecule has 6 heteroatoms. The number of nitrogens with zero attached hydrogens (tertiary/aromatic N) is 1. The molecule has 114 valence electrons. The predicted molar refractivity (Wildman–Crippen MR) is 79.1 cm³/mol. The van der Waals surface area contributed by atoms with E-state index >= 15 is 0 Å². The molecule has 0 unspecified atom stereocenters. The fraction of sp³-hybridized carbons (Fsp3) is 0.533. The minimum Gasteiger partial charge on any atom is -0.381 e. The Hall–Kier alpha value is -1.17. The summed E-state index contributed by atoms with van der Waals surface area (Å²) in [5.41, 5.74) is 0.568. The van der Waals surface area contributed by atoms with Gasteiger partial charge >= 0.3 is 0 Å². The van der Waals surface area contributed by atoms with Crippen molar-refractivity contribution in [3.8, 4) is 0 Å². The van der Waals surface area contributed by atoms with Crippen LogP contribution in [0.1, 0.15) is 19.3 Å². The second-order valence-corrected chi connectivity index (χ2v) is 5.89. The predicted octanol–water partition coefficient (Wildman–Crippen LogP) is 2.35. The van der Waals surface area contributed by atoms with Crippen molar-refractivity contribution in [3.63, 3.8) is 0 Å². The molecule has 2 aliphatic rings. The number of hydrogen-bond acceptors (Lipinski definition) is 3. The molecule has 4 nitrogen and oxygen atoms in total. The largest absolute Gasteiger partial charge is 0.381 e. The van der Waals surface area contributed by atoms with Crippen LogP contribution in [0, 0.1) is 5.82 Å². The van der Waals surface area contributed by atoms with Crippen molar-refractivity contribution in [2.24, 2.45) is 0 Å². The summed E-state index contributed by atoms with van der Waals surface area (Å²) in [6.07, 6.45) is 2.60. The SMILES string of the molecule is O=C1[C@H](NC2CCOCC2)CCN1c1ccc(Cl)c(F)c1. The van der Waals surface area contributed by atoms with Gasteiger partial charge in [0.05, 0.1) is 11.1 Å². The van der Waals surface area contributed by atoms with Gasteiger partial charge in [-0.05, 0) is 37.5 Å². The molecule has 2 aliphatic heterocycles. The van der Waals surface area contributed by atoms with Crippen molar-refractivity contribution in [2.45, 2.75) is 31.3 Å². The van der Waals surface area contributed by atoms with Gasteiger partial charge in [-0.2, -0.15) is 0 Å². The van der Waals surface area contributed by atoms with E-state index in [1.54, 1.807) is 11.0 Å². The summed E-state index contributed by atoms with van der Waals surface area (Å²) in [6.45, 7) is 2.08. The fourth-order valence-corrected chi connectivity index (χ4v) is 3.01. The van der Waals surface area contributed by atoms with Gasteiger partial charge in [-0.25, -0.2) is 4.39 Å². The smallest absolute Gasteiger partial charge is 0.244 e. The summed E-state index contributed by atoms with van der Waals surface area (Å²) in [4.78, 5) is 14.1. The summed E-state index contributed by atoms with van der Waals surface area (Å²) in [5, 5.41) is 3.47. The molecule has 0 bridgehead atoms. The first kappa shape index (κ1) is 14.8. The second kappa shape index (κ2) is 6.30. The minimum atomic E-state index is -0.497. The normalized spacial score (nSPS) is 23.8. The van der Waals surface area contributed by atoms with Crippen LogP contribution in [0.3, 0.4) is 0 Å². The molecule has 1 N–H and O–H groups in total. The van der Waals surface area contributed by atoms with Crippen molar-refractivity contribution >= 4 is 23.2 Å². The highest BCUT2D eigenvalue weighted by atomic mass is 35.5. The van der Waals surface area contributed by atoms with Gasteiger partial charge in [0.1, 0.15) is 5.82 Å². The Morgan fingerprint density at radius 1 is 1.29 bits per heavy atom. The summed E-state index contributed by atoms with van der Waals surface area (Å²) in [6, 6.07) is 4.62. The lowest BCUT2D eigenvalue weighted by atomic mass is 10.1. The molecule has 2 saturated heterocycles. The molecule has 0 aromatic heterocycles. The first-order valence-corrected chi connectivity index (χ1v) is 7.63. The van der Waals surface area contributed by atoms with Crippen LogP contribution in [0.2, 0.25) is 5.02 Å². The van der Waals surface area contributed by atoms with Crippen molar-refractivity contribution in [3.05, 3.63) is 29.0 Å². The van der Waals surface area contributed by atoms with Gasteiger partial charge in [0.2, 0.25) is 5.91 Å². The highest BCUT2D eigenvalue weighted by Crippen LogP contribution is 2.26.